The Morgan fingerprint density at radius 3 is 2.48 bits per heavy atom. The van der Waals surface area contributed by atoms with E-state index in [0.29, 0.717) is 17.1 Å². The van der Waals surface area contributed by atoms with Crippen molar-refractivity contribution in [3.8, 4) is 0 Å². The van der Waals surface area contributed by atoms with Gasteiger partial charge in [0.1, 0.15) is 5.69 Å². The molecule has 0 aliphatic heterocycles. The number of nitrogens with two attached hydrogens (primary N) is 3. The van der Waals surface area contributed by atoms with Crippen LogP contribution in [-0.2, 0) is 6.42 Å². The van der Waals surface area contributed by atoms with Crippen LogP contribution < -0.4 is 17.3 Å². The molecule has 0 saturated heterocycles. The highest BCUT2D eigenvalue weighted by molar-refractivity contribution is 5.62. The third-order valence-corrected chi connectivity index (χ3v) is 4.13. The molecule has 0 aromatic carbocycles. The van der Waals surface area contributed by atoms with Crippen molar-refractivity contribution in [3.63, 3.8) is 0 Å². The first-order valence-corrected chi connectivity index (χ1v) is 7.60. The van der Waals surface area contributed by atoms with Crippen LogP contribution in [-0.4, -0.2) is 28.6 Å². The van der Waals surface area contributed by atoms with Gasteiger partial charge in [-0.1, -0.05) is 32.1 Å². The first kappa shape index (κ1) is 15.7. The van der Waals surface area contributed by atoms with Crippen molar-refractivity contribution in [2.75, 3.05) is 13.6 Å². The largest absolute Gasteiger partial charge is 0.395 e. The predicted molar refractivity (Wildman–Crippen MR) is 84.4 cm³/mol. The first-order chi connectivity index (χ1) is 10.1. The van der Waals surface area contributed by atoms with Crippen molar-refractivity contribution in [2.45, 2.75) is 38.5 Å². The maximum absolute atomic E-state index is 6.06. The van der Waals surface area contributed by atoms with Gasteiger partial charge in [0.25, 0.3) is 0 Å². The number of rotatable bonds is 5. The maximum atomic E-state index is 6.06. The van der Waals surface area contributed by atoms with E-state index in [1.165, 1.54) is 37.1 Å². The number of nitrogens with zero attached hydrogens (tertiary/aromatic N) is 3. The zero-order chi connectivity index (χ0) is 15.2. The highest BCUT2D eigenvalue weighted by Crippen LogP contribution is 2.26. The van der Waals surface area contributed by atoms with Gasteiger partial charge in [-0.15, -0.1) is 0 Å². The summed E-state index contributed by atoms with van der Waals surface area (Å²) in [7, 11) is 1.71. The van der Waals surface area contributed by atoms with E-state index >= 15 is 0 Å². The highest BCUT2D eigenvalue weighted by atomic mass is 15.4. The summed E-state index contributed by atoms with van der Waals surface area (Å²) in [6, 6.07) is 0. The lowest BCUT2D eigenvalue weighted by atomic mass is 9.86. The lowest BCUT2D eigenvalue weighted by Crippen LogP contribution is -2.32. The summed E-state index contributed by atoms with van der Waals surface area (Å²) in [5.74, 6) is 6.46. The van der Waals surface area contributed by atoms with Gasteiger partial charge in [-0.3, -0.25) is 9.97 Å². The summed E-state index contributed by atoms with van der Waals surface area (Å²) in [5.41, 5.74) is 14.5. The van der Waals surface area contributed by atoms with E-state index in [9.17, 15) is 0 Å². The Kier molecular flexibility index (Phi) is 5.52. The predicted octanol–water partition coefficient (Wildman–Crippen LogP) is 0.991. The van der Waals surface area contributed by atoms with Crippen LogP contribution in [0.15, 0.2) is 18.1 Å². The zero-order valence-electron chi connectivity index (χ0n) is 12.8. The van der Waals surface area contributed by atoms with Crippen LogP contribution in [0.1, 0.15) is 43.5 Å². The molecule has 6 heteroatoms. The minimum Gasteiger partial charge on any atom is -0.395 e. The molecule has 1 aliphatic rings. The topological polar surface area (TPSA) is 107 Å². The molecule has 1 aromatic rings. The van der Waals surface area contributed by atoms with E-state index in [4.69, 9.17) is 17.3 Å². The summed E-state index contributed by atoms with van der Waals surface area (Å²) in [6.45, 7) is 0.268. The van der Waals surface area contributed by atoms with Gasteiger partial charge in [0.15, 0.2) is 0 Å². The summed E-state index contributed by atoms with van der Waals surface area (Å²) >= 11 is 0. The molecule has 0 atom stereocenters. The number of aromatic nitrogens is 2. The second kappa shape index (κ2) is 7.38. The van der Waals surface area contributed by atoms with Gasteiger partial charge in [0.2, 0.25) is 0 Å². The molecule has 1 saturated carbocycles. The third kappa shape index (κ3) is 4.15. The normalized spacial score (nSPS) is 17.5. The van der Waals surface area contributed by atoms with E-state index in [2.05, 4.69) is 9.97 Å². The highest BCUT2D eigenvalue weighted by Gasteiger charge is 2.15. The molecular formula is C15H26N6. The average molecular weight is 290 g/mol. The van der Waals surface area contributed by atoms with Crippen molar-refractivity contribution in [2.24, 2.45) is 23.2 Å². The van der Waals surface area contributed by atoms with Crippen molar-refractivity contribution in [1.29, 1.82) is 0 Å². The van der Waals surface area contributed by atoms with E-state index in [0.717, 1.165) is 18.0 Å². The molecule has 2 rings (SSSR count). The van der Waals surface area contributed by atoms with Crippen LogP contribution in [0, 0.1) is 5.92 Å². The van der Waals surface area contributed by atoms with Gasteiger partial charge >= 0.3 is 0 Å². The molecular weight excluding hydrogens is 264 g/mol. The molecule has 1 fully saturated rings. The minimum absolute atomic E-state index is 0.268. The Labute approximate surface area is 126 Å². The fraction of sp³-hybridized carbons (Fsp3) is 0.600. The molecule has 0 radical (unpaired) electrons. The lowest BCUT2D eigenvalue weighted by molar-refractivity contribution is 0.354. The third-order valence-electron chi connectivity index (χ3n) is 4.13. The Balaban J connectivity index is 2.07. The first-order valence-electron chi connectivity index (χ1n) is 7.60. The molecule has 6 N–H and O–H groups in total. The van der Waals surface area contributed by atoms with E-state index in [1.54, 1.807) is 13.2 Å². The molecule has 21 heavy (non-hydrogen) atoms. The van der Waals surface area contributed by atoms with Crippen LogP contribution in [0.4, 0.5) is 0 Å². The minimum atomic E-state index is 0.268. The van der Waals surface area contributed by atoms with Crippen LogP contribution in [0.3, 0.4) is 0 Å². The SMILES string of the molecule is CN(N)/C(CN)=C(\N)c1cnc(CC2CCCCC2)cn1. The zero-order valence-corrected chi connectivity index (χ0v) is 12.8. The van der Waals surface area contributed by atoms with Crippen LogP contribution in [0.5, 0.6) is 0 Å². The quantitative estimate of drug-likeness (QED) is 0.551. The maximum Gasteiger partial charge on any atom is 0.106 e. The molecule has 1 aromatic heterocycles. The standard InChI is InChI=1S/C15H26N6/c1-21(18)14(8-16)15(17)13-10-19-12(9-20-13)7-11-5-3-2-4-6-11/h9-11H,2-8,16-18H2,1H3/b15-14-. The second-order valence-electron chi connectivity index (χ2n) is 5.78. The molecule has 0 bridgehead atoms. The van der Waals surface area contributed by atoms with Gasteiger partial charge in [-0.2, -0.15) is 0 Å². The molecule has 6 nitrogen and oxygen atoms in total. The van der Waals surface area contributed by atoms with E-state index in [1.807, 2.05) is 6.20 Å². The number of likely N-dealkylation sites (N-methyl/N-ethyl adjacent to an activating group) is 1. The van der Waals surface area contributed by atoms with Gasteiger partial charge in [0, 0.05) is 19.8 Å². The molecule has 1 heterocycles. The average Bonchev–Trinajstić information content (AvgIpc) is 2.49. The van der Waals surface area contributed by atoms with E-state index < -0.39 is 0 Å². The summed E-state index contributed by atoms with van der Waals surface area (Å²) in [6.07, 6.45) is 11.2. The summed E-state index contributed by atoms with van der Waals surface area (Å²) in [4.78, 5) is 8.91. The Bertz CT molecular complexity index is 473. The Morgan fingerprint density at radius 2 is 1.95 bits per heavy atom. The van der Waals surface area contributed by atoms with Crippen molar-refractivity contribution in [3.05, 3.63) is 29.5 Å². The van der Waals surface area contributed by atoms with Crippen molar-refractivity contribution in [1.82, 2.24) is 15.0 Å². The number of hydrogen-bond donors (Lipinski definition) is 3. The smallest absolute Gasteiger partial charge is 0.106 e. The van der Waals surface area contributed by atoms with Crippen LogP contribution in [0.2, 0.25) is 0 Å². The van der Waals surface area contributed by atoms with Crippen molar-refractivity contribution < 1.29 is 0 Å². The Hall–Kier alpha value is -1.66. The van der Waals surface area contributed by atoms with Gasteiger partial charge in [-0.05, 0) is 12.3 Å². The summed E-state index contributed by atoms with van der Waals surface area (Å²) in [5, 5.41) is 1.42. The molecule has 1 aliphatic carbocycles. The van der Waals surface area contributed by atoms with E-state index in [-0.39, 0.29) is 6.54 Å². The fourth-order valence-corrected chi connectivity index (χ4v) is 2.88. The molecule has 0 amide bonds. The second-order valence-corrected chi connectivity index (χ2v) is 5.78. The number of hydrogen-bond acceptors (Lipinski definition) is 6. The van der Waals surface area contributed by atoms with Crippen LogP contribution >= 0.6 is 0 Å². The monoisotopic (exact) mass is 290 g/mol. The molecule has 0 spiro atoms. The number of hydrazine groups is 1. The fourth-order valence-electron chi connectivity index (χ4n) is 2.88. The van der Waals surface area contributed by atoms with Crippen molar-refractivity contribution >= 4 is 5.70 Å². The Morgan fingerprint density at radius 1 is 1.24 bits per heavy atom. The van der Waals surface area contributed by atoms with Gasteiger partial charge < -0.3 is 16.5 Å². The van der Waals surface area contributed by atoms with Gasteiger partial charge in [0.05, 0.1) is 23.3 Å². The molecule has 116 valence electrons. The lowest BCUT2D eigenvalue weighted by Gasteiger charge is -2.21. The van der Waals surface area contributed by atoms with Gasteiger partial charge in [-0.25, -0.2) is 5.84 Å². The summed E-state index contributed by atoms with van der Waals surface area (Å²) < 4.78 is 0. The van der Waals surface area contributed by atoms with Crippen LogP contribution in [0.25, 0.3) is 5.70 Å². The molecule has 0 unspecified atom stereocenters.